The molecule has 1 atom stereocenters. The Labute approximate surface area is 178 Å². The van der Waals surface area contributed by atoms with Crippen molar-refractivity contribution in [3.05, 3.63) is 65.7 Å². The zero-order chi connectivity index (χ0) is 21.2. The summed E-state index contributed by atoms with van der Waals surface area (Å²) < 4.78 is 5.21. The van der Waals surface area contributed by atoms with E-state index in [2.05, 4.69) is 17.2 Å². The van der Waals surface area contributed by atoms with E-state index in [0.717, 1.165) is 42.7 Å². The molecular formula is C25H28N2O3. The zero-order valence-corrected chi connectivity index (χ0v) is 17.4. The summed E-state index contributed by atoms with van der Waals surface area (Å²) in [4.78, 5) is 26.5. The van der Waals surface area contributed by atoms with E-state index >= 15 is 0 Å². The van der Waals surface area contributed by atoms with Crippen LogP contribution in [0, 0.1) is 17.8 Å². The molecule has 156 valence electrons. The molecule has 1 N–H and O–H groups in total. The van der Waals surface area contributed by atoms with Gasteiger partial charge < -0.3 is 15.0 Å². The number of hydrogen-bond donors (Lipinski definition) is 1. The molecule has 0 radical (unpaired) electrons. The maximum absolute atomic E-state index is 12.4. The molecule has 2 aromatic rings. The number of rotatable bonds is 6. The summed E-state index contributed by atoms with van der Waals surface area (Å²) >= 11 is 0. The number of likely N-dealkylation sites (tertiary alicyclic amines) is 1. The predicted octanol–water partition coefficient (Wildman–Crippen LogP) is 3.38. The third-order valence-corrected chi connectivity index (χ3v) is 5.30. The van der Waals surface area contributed by atoms with Crippen LogP contribution in [0.1, 0.15) is 36.8 Å². The Bertz CT molecular complexity index is 915. The number of piperidine rings is 1. The van der Waals surface area contributed by atoms with Crippen molar-refractivity contribution >= 4 is 11.8 Å². The molecule has 0 aliphatic carbocycles. The summed E-state index contributed by atoms with van der Waals surface area (Å²) in [5.41, 5.74) is 1.85. The molecular weight excluding hydrogens is 376 g/mol. The van der Waals surface area contributed by atoms with E-state index in [1.54, 1.807) is 7.11 Å². The normalized spacial score (nSPS) is 15.6. The zero-order valence-electron chi connectivity index (χ0n) is 17.4. The van der Waals surface area contributed by atoms with Crippen molar-refractivity contribution < 1.29 is 14.3 Å². The number of carbonyl (C=O) groups is 2. The number of nitrogens with one attached hydrogen (secondary N) is 1. The number of carbonyl (C=O) groups excluding carboxylic acids is 2. The fraction of sp³-hybridized carbons (Fsp3) is 0.360. The van der Waals surface area contributed by atoms with Crippen LogP contribution in [-0.2, 0) is 16.1 Å². The number of methoxy groups -OCH3 is 1. The van der Waals surface area contributed by atoms with Crippen LogP contribution >= 0.6 is 0 Å². The van der Waals surface area contributed by atoms with E-state index in [1.807, 2.05) is 59.5 Å². The van der Waals surface area contributed by atoms with Crippen LogP contribution in [0.5, 0.6) is 5.75 Å². The van der Waals surface area contributed by atoms with Crippen LogP contribution in [0.2, 0.25) is 0 Å². The van der Waals surface area contributed by atoms with Crippen LogP contribution in [0.3, 0.4) is 0 Å². The number of benzene rings is 2. The molecule has 0 saturated carbocycles. The van der Waals surface area contributed by atoms with E-state index in [4.69, 9.17) is 4.74 Å². The lowest BCUT2D eigenvalue weighted by Gasteiger charge is -2.31. The molecule has 30 heavy (non-hydrogen) atoms. The van der Waals surface area contributed by atoms with Crippen LogP contribution in [0.25, 0.3) is 0 Å². The minimum atomic E-state index is -0.133. The first-order valence-electron chi connectivity index (χ1n) is 10.4. The van der Waals surface area contributed by atoms with Gasteiger partial charge in [-0.1, -0.05) is 36.3 Å². The van der Waals surface area contributed by atoms with E-state index in [9.17, 15) is 9.59 Å². The van der Waals surface area contributed by atoms with Crippen LogP contribution in [0.15, 0.2) is 54.6 Å². The van der Waals surface area contributed by atoms with Gasteiger partial charge in [-0.05, 0) is 55.0 Å². The molecule has 1 aliphatic rings. The fourth-order valence-electron chi connectivity index (χ4n) is 3.62. The molecule has 2 aromatic carbocycles. The van der Waals surface area contributed by atoms with Crippen molar-refractivity contribution in [3.8, 4) is 17.6 Å². The molecule has 2 amide bonds. The lowest BCUT2D eigenvalue weighted by atomic mass is 9.93. The van der Waals surface area contributed by atoms with E-state index < -0.39 is 0 Å². The van der Waals surface area contributed by atoms with Crippen LogP contribution in [-0.4, -0.2) is 36.9 Å². The summed E-state index contributed by atoms with van der Waals surface area (Å²) in [6.07, 6.45) is 3.24. The van der Waals surface area contributed by atoms with Crippen molar-refractivity contribution in [3.63, 3.8) is 0 Å². The van der Waals surface area contributed by atoms with Crippen molar-refractivity contribution in [1.29, 1.82) is 0 Å². The second kappa shape index (κ2) is 11.1. The first-order valence-corrected chi connectivity index (χ1v) is 10.4. The average molecular weight is 405 g/mol. The highest BCUT2D eigenvalue weighted by Crippen LogP contribution is 2.21. The number of amides is 2. The molecule has 5 nitrogen and oxygen atoms in total. The molecule has 1 fully saturated rings. The molecule has 5 heteroatoms. The minimum absolute atomic E-state index is 0.0325. The van der Waals surface area contributed by atoms with E-state index in [-0.39, 0.29) is 11.8 Å². The van der Waals surface area contributed by atoms with Gasteiger partial charge in [0.2, 0.25) is 5.91 Å². The van der Waals surface area contributed by atoms with Crippen molar-refractivity contribution in [2.75, 3.05) is 20.2 Å². The fourth-order valence-corrected chi connectivity index (χ4v) is 3.62. The first-order chi connectivity index (χ1) is 14.6. The molecule has 0 spiro atoms. The number of hydrogen-bond acceptors (Lipinski definition) is 3. The van der Waals surface area contributed by atoms with Gasteiger partial charge in [0.25, 0.3) is 5.91 Å². The van der Waals surface area contributed by atoms with Crippen molar-refractivity contribution in [1.82, 2.24) is 10.2 Å². The Morgan fingerprint density at radius 3 is 2.80 bits per heavy atom. The molecule has 0 bridgehead atoms. The Balaban J connectivity index is 1.42. The lowest BCUT2D eigenvalue weighted by molar-refractivity contribution is -0.126. The highest BCUT2D eigenvalue weighted by molar-refractivity contribution is 5.94. The Morgan fingerprint density at radius 2 is 2.00 bits per heavy atom. The molecule has 1 unspecified atom stereocenters. The molecule has 1 heterocycles. The van der Waals surface area contributed by atoms with Crippen molar-refractivity contribution in [2.24, 2.45) is 5.92 Å². The van der Waals surface area contributed by atoms with Gasteiger partial charge in [-0.25, -0.2) is 0 Å². The van der Waals surface area contributed by atoms with Gasteiger partial charge in [-0.3, -0.25) is 9.59 Å². The van der Waals surface area contributed by atoms with Crippen LogP contribution < -0.4 is 10.1 Å². The second-order valence-electron chi connectivity index (χ2n) is 7.54. The summed E-state index contributed by atoms with van der Waals surface area (Å²) in [6, 6.07) is 17.2. The smallest absolute Gasteiger partial charge is 0.298 e. The Hall–Kier alpha value is -3.26. The van der Waals surface area contributed by atoms with Gasteiger partial charge >= 0.3 is 0 Å². The third kappa shape index (κ3) is 6.66. The lowest BCUT2D eigenvalue weighted by Crippen LogP contribution is -2.39. The number of nitrogens with zero attached hydrogens (tertiary/aromatic N) is 1. The highest BCUT2D eigenvalue weighted by Gasteiger charge is 2.23. The van der Waals surface area contributed by atoms with E-state index in [0.29, 0.717) is 25.4 Å². The Morgan fingerprint density at radius 1 is 1.17 bits per heavy atom. The number of ether oxygens (including phenoxy) is 1. The standard InChI is InChI=1S/C25H28N2O3/c1-30-23-11-5-9-22(17-23)18-26-24(28)14-12-21-10-6-16-27(19-21)25(29)15-13-20-7-3-2-4-8-20/h2-5,7-9,11,17,21H,6,10,12,14,16,18-19H2,1H3,(H,26,28). The topological polar surface area (TPSA) is 58.6 Å². The summed E-state index contributed by atoms with van der Waals surface area (Å²) in [5, 5.41) is 2.96. The second-order valence-corrected chi connectivity index (χ2v) is 7.54. The maximum Gasteiger partial charge on any atom is 0.298 e. The SMILES string of the molecule is COc1cccc(CNC(=O)CCC2CCCN(C(=O)C#Cc3ccccc3)C2)c1. The maximum atomic E-state index is 12.4. The monoisotopic (exact) mass is 404 g/mol. The van der Waals surface area contributed by atoms with E-state index in [1.165, 1.54) is 0 Å². The van der Waals surface area contributed by atoms with Gasteiger partial charge in [0, 0.05) is 37.5 Å². The van der Waals surface area contributed by atoms with Gasteiger partial charge in [-0.2, -0.15) is 0 Å². The third-order valence-electron chi connectivity index (χ3n) is 5.30. The minimum Gasteiger partial charge on any atom is -0.497 e. The van der Waals surface area contributed by atoms with Gasteiger partial charge in [0.1, 0.15) is 5.75 Å². The first kappa shape index (κ1) is 21.4. The van der Waals surface area contributed by atoms with Crippen molar-refractivity contribution in [2.45, 2.75) is 32.2 Å². The largest absolute Gasteiger partial charge is 0.497 e. The van der Waals surface area contributed by atoms with Gasteiger partial charge in [-0.15, -0.1) is 0 Å². The summed E-state index contributed by atoms with van der Waals surface area (Å²) in [6.45, 7) is 1.90. The summed E-state index contributed by atoms with van der Waals surface area (Å²) in [7, 11) is 1.63. The summed E-state index contributed by atoms with van der Waals surface area (Å²) in [5.74, 6) is 6.70. The molecule has 0 aromatic heterocycles. The predicted molar refractivity (Wildman–Crippen MR) is 117 cm³/mol. The molecule has 1 aliphatic heterocycles. The van der Waals surface area contributed by atoms with Gasteiger partial charge in [0.15, 0.2) is 0 Å². The Kier molecular flexibility index (Phi) is 7.91. The average Bonchev–Trinajstić information content (AvgIpc) is 2.81. The molecule has 3 rings (SSSR count). The quantitative estimate of drug-likeness (QED) is 0.751. The van der Waals surface area contributed by atoms with Gasteiger partial charge in [0.05, 0.1) is 7.11 Å². The highest BCUT2D eigenvalue weighted by atomic mass is 16.5. The molecule has 1 saturated heterocycles. The van der Waals surface area contributed by atoms with Crippen LogP contribution in [0.4, 0.5) is 0 Å².